The zero-order valence-electron chi connectivity index (χ0n) is 10.9. The maximum Gasteiger partial charge on any atom is 0.413 e. The molecule has 2 aromatic heterocycles. The van der Waals surface area contributed by atoms with Gasteiger partial charge in [-0.15, -0.1) is 0 Å². The van der Waals surface area contributed by atoms with Crippen molar-refractivity contribution in [2.45, 2.75) is 33.3 Å². The van der Waals surface area contributed by atoms with Crippen molar-refractivity contribution in [2.75, 3.05) is 5.32 Å². The first-order valence-corrected chi connectivity index (χ1v) is 5.66. The molecule has 1 N–H and O–H groups in total. The lowest BCUT2D eigenvalue weighted by molar-refractivity contribution is 0.0635. The van der Waals surface area contributed by atoms with Crippen molar-refractivity contribution in [1.29, 1.82) is 0 Å². The van der Waals surface area contributed by atoms with Gasteiger partial charge in [-0.1, -0.05) is 0 Å². The topological polar surface area (TPSA) is 68.5 Å². The fourth-order valence-corrected chi connectivity index (χ4v) is 1.54. The second kappa shape index (κ2) is 4.29. The van der Waals surface area contributed by atoms with E-state index in [1.165, 1.54) is 0 Å². The van der Waals surface area contributed by atoms with Crippen LogP contribution in [0.25, 0.3) is 5.65 Å². The lowest BCUT2D eigenvalue weighted by Crippen LogP contribution is -2.28. The van der Waals surface area contributed by atoms with Crippen molar-refractivity contribution in [3.05, 3.63) is 24.0 Å². The molecule has 0 unspecified atom stereocenters. The molecule has 0 bridgehead atoms. The Kier molecular flexibility index (Phi) is 2.94. The zero-order chi connectivity index (χ0) is 13.3. The van der Waals surface area contributed by atoms with Crippen molar-refractivity contribution in [3.8, 4) is 0 Å². The van der Waals surface area contributed by atoms with E-state index in [0.717, 1.165) is 5.69 Å². The molecule has 2 heterocycles. The van der Waals surface area contributed by atoms with E-state index in [2.05, 4.69) is 15.4 Å². The van der Waals surface area contributed by atoms with Gasteiger partial charge in [0.2, 0.25) is 0 Å². The smallest absolute Gasteiger partial charge is 0.413 e. The summed E-state index contributed by atoms with van der Waals surface area (Å²) >= 11 is 0. The molecule has 6 nitrogen and oxygen atoms in total. The number of nitrogens with one attached hydrogen (secondary N) is 1. The maximum atomic E-state index is 11.7. The molecule has 18 heavy (non-hydrogen) atoms. The number of hydrogen-bond donors (Lipinski definition) is 1. The molecule has 0 radical (unpaired) electrons. The van der Waals surface area contributed by atoms with E-state index < -0.39 is 11.7 Å². The third-order valence-electron chi connectivity index (χ3n) is 2.12. The highest BCUT2D eigenvalue weighted by atomic mass is 16.6. The van der Waals surface area contributed by atoms with Crippen LogP contribution in [-0.4, -0.2) is 26.3 Å². The van der Waals surface area contributed by atoms with E-state index in [0.29, 0.717) is 11.5 Å². The number of fused-ring (bicyclic) bond motifs is 1. The van der Waals surface area contributed by atoms with Gasteiger partial charge in [-0.05, 0) is 27.7 Å². The van der Waals surface area contributed by atoms with Crippen molar-refractivity contribution in [1.82, 2.24) is 14.6 Å². The summed E-state index contributed by atoms with van der Waals surface area (Å²) in [4.78, 5) is 16.0. The molecule has 6 heteroatoms. The molecule has 0 saturated heterocycles. The predicted octanol–water partition coefficient (Wildman–Crippen LogP) is 2.38. The summed E-state index contributed by atoms with van der Waals surface area (Å²) in [5, 5.41) is 6.76. The van der Waals surface area contributed by atoms with Gasteiger partial charge in [-0.2, -0.15) is 9.61 Å². The summed E-state index contributed by atoms with van der Waals surface area (Å²) in [5.74, 6) is 0.539. The Labute approximate surface area is 105 Å². The standard InChI is InChI=1S/C12H16N4O2/c1-8-7-10(15-11(17)18-12(2,3)4)16-9(14-8)5-6-13-16/h5-7H,1-4H3,(H,15,17). The number of carbonyl (C=O) groups excluding carboxylic acids is 1. The molecular weight excluding hydrogens is 232 g/mol. The first-order valence-electron chi connectivity index (χ1n) is 5.66. The molecule has 2 rings (SSSR count). The number of hydrogen-bond acceptors (Lipinski definition) is 4. The van der Waals surface area contributed by atoms with Crippen LogP contribution in [0.2, 0.25) is 0 Å². The van der Waals surface area contributed by atoms with Crippen LogP contribution in [0.1, 0.15) is 26.5 Å². The van der Waals surface area contributed by atoms with Crippen molar-refractivity contribution < 1.29 is 9.53 Å². The van der Waals surface area contributed by atoms with Gasteiger partial charge >= 0.3 is 6.09 Å². The quantitative estimate of drug-likeness (QED) is 0.841. The summed E-state index contributed by atoms with van der Waals surface area (Å²) in [6.45, 7) is 7.29. The van der Waals surface area contributed by atoms with Crippen molar-refractivity contribution in [3.63, 3.8) is 0 Å². The largest absolute Gasteiger partial charge is 0.444 e. The highest BCUT2D eigenvalue weighted by Crippen LogP contribution is 2.14. The summed E-state index contributed by atoms with van der Waals surface area (Å²) in [5.41, 5.74) is 0.949. The summed E-state index contributed by atoms with van der Waals surface area (Å²) in [7, 11) is 0. The molecule has 0 aliphatic heterocycles. The minimum absolute atomic E-state index is 0.509. The van der Waals surface area contributed by atoms with Crippen molar-refractivity contribution in [2.24, 2.45) is 0 Å². The molecule has 0 atom stereocenters. The van der Waals surface area contributed by atoms with Crippen LogP contribution in [0.4, 0.5) is 10.6 Å². The molecule has 0 saturated carbocycles. The Hall–Kier alpha value is -2.11. The highest BCUT2D eigenvalue weighted by Gasteiger charge is 2.17. The summed E-state index contributed by atoms with van der Waals surface area (Å²) in [6.07, 6.45) is 1.12. The van der Waals surface area contributed by atoms with E-state index >= 15 is 0 Å². The highest BCUT2D eigenvalue weighted by molar-refractivity contribution is 5.84. The van der Waals surface area contributed by atoms with Crippen LogP contribution in [0.3, 0.4) is 0 Å². The Morgan fingerprint density at radius 3 is 2.83 bits per heavy atom. The van der Waals surface area contributed by atoms with Crippen LogP contribution >= 0.6 is 0 Å². The van der Waals surface area contributed by atoms with Crippen LogP contribution in [0.5, 0.6) is 0 Å². The molecule has 0 aromatic carbocycles. The second-order valence-corrected chi connectivity index (χ2v) is 5.01. The van der Waals surface area contributed by atoms with E-state index in [1.807, 2.05) is 27.7 Å². The van der Waals surface area contributed by atoms with E-state index in [9.17, 15) is 4.79 Å². The van der Waals surface area contributed by atoms with Gasteiger partial charge in [0.25, 0.3) is 0 Å². The first kappa shape index (κ1) is 12.3. The third kappa shape index (κ3) is 2.77. The van der Waals surface area contributed by atoms with Crippen molar-refractivity contribution >= 4 is 17.6 Å². The average Bonchev–Trinajstić information content (AvgIpc) is 2.61. The summed E-state index contributed by atoms with van der Waals surface area (Å²) < 4.78 is 6.75. The minimum Gasteiger partial charge on any atom is -0.444 e. The van der Waals surface area contributed by atoms with Crippen LogP contribution < -0.4 is 5.32 Å². The van der Waals surface area contributed by atoms with Gasteiger partial charge in [0.1, 0.15) is 11.4 Å². The lowest BCUT2D eigenvalue weighted by atomic mass is 10.2. The number of nitrogens with zero attached hydrogens (tertiary/aromatic N) is 3. The average molecular weight is 248 g/mol. The molecule has 0 aliphatic rings. The minimum atomic E-state index is -0.532. The number of aromatic nitrogens is 3. The van der Waals surface area contributed by atoms with Gasteiger partial charge in [0.15, 0.2) is 5.65 Å². The molecule has 2 aromatic rings. The summed E-state index contributed by atoms with van der Waals surface area (Å²) in [6, 6.07) is 3.51. The normalized spacial score (nSPS) is 11.6. The van der Waals surface area contributed by atoms with Gasteiger partial charge < -0.3 is 4.74 Å². The fourth-order valence-electron chi connectivity index (χ4n) is 1.54. The zero-order valence-corrected chi connectivity index (χ0v) is 10.9. The lowest BCUT2D eigenvalue weighted by Gasteiger charge is -2.19. The first-order chi connectivity index (χ1) is 8.35. The Bertz CT molecular complexity index is 583. The Morgan fingerprint density at radius 2 is 2.17 bits per heavy atom. The monoisotopic (exact) mass is 248 g/mol. The van der Waals surface area contributed by atoms with Crippen LogP contribution in [0, 0.1) is 6.92 Å². The fraction of sp³-hybridized carbons (Fsp3) is 0.417. The number of rotatable bonds is 1. The van der Waals surface area contributed by atoms with E-state index in [4.69, 9.17) is 4.74 Å². The predicted molar refractivity (Wildman–Crippen MR) is 67.6 cm³/mol. The molecular formula is C12H16N4O2. The van der Waals surface area contributed by atoms with Gasteiger partial charge in [-0.3, -0.25) is 5.32 Å². The molecule has 0 fully saturated rings. The number of aryl methyl sites for hydroxylation is 1. The number of carbonyl (C=O) groups is 1. The molecule has 0 aliphatic carbocycles. The Morgan fingerprint density at radius 1 is 1.44 bits per heavy atom. The van der Waals surface area contributed by atoms with E-state index in [-0.39, 0.29) is 0 Å². The maximum absolute atomic E-state index is 11.7. The SMILES string of the molecule is Cc1cc(NC(=O)OC(C)(C)C)n2nccc2n1. The van der Waals surface area contributed by atoms with Gasteiger partial charge in [0, 0.05) is 17.8 Å². The number of amides is 1. The number of ether oxygens (including phenoxy) is 1. The van der Waals surface area contributed by atoms with Gasteiger partial charge in [-0.25, -0.2) is 9.78 Å². The molecule has 0 spiro atoms. The third-order valence-corrected chi connectivity index (χ3v) is 2.12. The molecule has 96 valence electrons. The van der Waals surface area contributed by atoms with Crippen LogP contribution in [-0.2, 0) is 4.74 Å². The van der Waals surface area contributed by atoms with Crippen LogP contribution in [0.15, 0.2) is 18.3 Å². The Balaban J connectivity index is 2.26. The second-order valence-electron chi connectivity index (χ2n) is 5.01. The van der Waals surface area contributed by atoms with Gasteiger partial charge in [0.05, 0.1) is 6.20 Å². The van der Waals surface area contributed by atoms with E-state index in [1.54, 1.807) is 22.8 Å². The molecule has 1 amide bonds. The number of anilines is 1.